The van der Waals surface area contributed by atoms with Crippen molar-refractivity contribution < 1.29 is 22.5 Å². The average Bonchev–Trinajstić information content (AvgIpc) is 2.17. The van der Waals surface area contributed by atoms with E-state index in [1.54, 1.807) is 6.11 Å². The Kier molecular flexibility index (Phi) is 3.77. The van der Waals surface area contributed by atoms with Crippen LogP contribution in [-0.4, -0.2) is 19.5 Å². The van der Waals surface area contributed by atoms with Gasteiger partial charge in [-0.15, -0.1) is 0 Å². The summed E-state index contributed by atoms with van der Waals surface area (Å²) in [5.74, 6) is 0.0417. The SMILES string of the molecule is O=C(O)C#COS(=O)(=O)c1ccc(Cl)cc1. The van der Waals surface area contributed by atoms with Gasteiger partial charge in [-0.1, -0.05) is 11.6 Å². The summed E-state index contributed by atoms with van der Waals surface area (Å²) in [6, 6.07) is 5.17. The Labute approximate surface area is 96.7 Å². The third-order valence-corrected chi connectivity index (χ3v) is 2.82. The number of carbonyl (C=O) groups is 1. The minimum atomic E-state index is -4.07. The molecule has 7 heteroatoms. The molecule has 0 spiro atoms. The summed E-state index contributed by atoms with van der Waals surface area (Å²) in [5.41, 5.74) is 0. The number of hydrogen-bond acceptors (Lipinski definition) is 4. The number of halogens is 1. The average molecular weight is 261 g/mol. The molecule has 1 aromatic rings. The topological polar surface area (TPSA) is 80.7 Å². The zero-order valence-corrected chi connectivity index (χ0v) is 9.25. The van der Waals surface area contributed by atoms with E-state index in [2.05, 4.69) is 4.18 Å². The zero-order valence-electron chi connectivity index (χ0n) is 7.68. The number of hydrogen-bond donors (Lipinski definition) is 1. The lowest BCUT2D eigenvalue weighted by Crippen LogP contribution is -2.02. The first-order chi connectivity index (χ1) is 7.42. The van der Waals surface area contributed by atoms with Gasteiger partial charge in [0, 0.05) is 5.02 Å². The molecule has 1 rings (SSSR count). The third kappa shape index (κ3) is 3.46. The van der Waals surface area contributed by atoms with Gasteiger partial charge in [0.05, 0.1) is 5.92 Å². The maximum Gasteiger partial charge on any atom is 0.385 e. The van der Waals surface area contributed by atoms with Gasteiger partial charge in [0.25, 0.3) is 0 Å². The summed E-state index contributed by atoms with van der Waals surface area (Å²) < 4.78 is 26.9. The van der Waals surface area contributed by atoms with Crippen LogP contribution in [0.4, 0.5) is 0 Å². The quantitative estimate of drug-likeness (QED) is 0.636. The molecule has 0 heterocycles. The molecule has 0 aliphatic rings. The van der Waals surface area contributed by atoms with E-state index in [-0.39, 0.29) is 4.90 Å². The highest BCUT2D eigenvalue weighted by molar-refractivity contribution is 7.86. The monoisotopic (exact) mass is 260 g/mol. The van der Waals surface area contributed by atoms with Crippen molar-refractivity contribution in [1.82, 2.24) is 0 Å². The maximum absolute atomic E-state index is 11.4. The van der Waals surface area contributed by atoms with Gasteiger partial charge in [0.15, 0.2) is 0 Å². The molecule has 0 saturated heterocycles. The van der Waals surface area contributed by atoms with Crippen LogP contribution in [-0.2, 0) is 19.1 Å². The normalized spacial score (nSPS) is 10.1. The van der Waals surface area contributed by atoms with Crippen LogP contribution in [0.25, 0.3) is 0 Å². The fraction of sp³-hybridized carbons (Fsp3) is 0. The number of benzene rings is 1. The summed E-state index contributed by atoms with van der Waals surface area (Å²) in [6.07, 6.45) is 1.57. The molecule has 0 fully saturated rings. The van der Waals surface area contributed by atoms with Crippen LogP contribution in [0, 0.1) is 12.0 Å². The summed E-state index contributed by atoms with van der Waals surface area (Å²) in [4.78, 5) is 9.84. The lowest BCUT2D eigenvalue weighted by molar-refractivity contribution is -0.130. The van der Waals surface area contributed by atoms with Gasteiger partial charge >= 0.3 is 16.1 Å². The van der Waals surface area contributed by atoms with Gasteiger partial charge in [0.2, 0.25) is 0 Å². The Morgan fingerprint density at radius 2 is 1.88 bits per heavy atom. The predicted molar refractivity (Wildman–Crippen MR) is 55.1 cm³/mol. The van der Waals surface area contributed by atoms with Crippen LogP contribution >= 0.6 is 11.6 Å². The summed E-state index contributed by atoms with van der Waals surface area (Å²) in [7, 11) is -4.07. The summed E-state index contributed by atoms with van der Waals surface area (Å²) in [5, 5.41) is 8.52. The predicted octanol–water partition coefficient (Wildman–Crippen LogP) is 1.09. The molecule has 0 atom stereocenters. The van der Waals surface area contributed by atoms with Crippen molar-refractivity contribution in [2.45, 2.75) is 4.90 Å². The first kappa shape index (κ1) is 12.4. The fourth-order valence-corrected chi connectivity index (χ4v) is 1.61. The number of carboxylic acids is 1. The van der Waals surface area contributed by atoms with Crippen molar-refractivity contribution in [3.05, 3.63) is 29.3 Å². The lowest BCUT2D eigenvalue weighted by atomic mass is 10.4. The van der Waals surface area contributed by atoms with Crippen LogP contribution < -0.4 is 0 Å². The summed E-state index contributed by atoms with van der Waals surface area (Å²) >= 11 is 5.57. The highest BCUT2D eigenvalue weighted by Crippen LogP contribution is 2.15. The first-order valence-corrected chi connectivity index (χ1v) is 5.63. The molecular formula is C9H5ClO5S. The number of carboxylic acid groups (broad SMARTS) is 1. The molecule has 84 valence electrons. The molecule has 0 aliphatic heterocycles. The number of rotatable bonds is 2. The molecule has 1 N–H and O–H groups in total. The third-order valence-electron chi connectivity index (χ3n) is 1.41. The van der Waals surface area contributed by atoms with E-state index in [0.717, 1.165) is 0 Å². The highest BCUT2D eigenvalue weighted by Gasteiger charge is 2.14. The largest absolute Gasteiger partial charge is 0.472 e. The van der Waals surface area contributed by atoms with Crippen LogP contribution in [0.3, 0.4) is 0 Å². The van der Waals surface area contributed by atoms with Gasteiger partial charge in [-0.2, -0.15) is 8.42 Å². The van der Waals surface area contributed by atoms with Crippen molar-refractivity contribution in [2.75, 3.05) is 0 Å². The van der Waals surface area contributed by atoms with E-state index >= 15 is 0 Å². The zero-order chi connectivity index (χ0) is 12.2. The van der Waals surface area contributed by atoms with Crippen molar-refractivity contribution >= 4 is 27.7 Å². The van der Waals surface area contributed by atoms with Gasteiger partial charge < -0.3 is 9.29 Å². The van der Waals surface area contributed by atoms with Crippen LogP contribution in [0.5, 0.6) is 0 Å². The Hall–Kier alpha value is -1.71. The van der Waals surface area contributed by atoms with E-state index in [1.165, 1.54) is 30.2 Å². The molecule has 1 aromatic carbocycles. The van der Waals surface area contributed by atoms with Crippen LogP contribution in [0.15, 0.2) is 29.2 Å². The van der Waals surface area contributed by atoms with E-state index in [4.69, 9.17) is 16.7 Å². The second-order valence-corrected chi connectivity index (χ2v) is 4.51. The molecule has 5 nitrogen and oxygen atoms in total. The molecule has 0 aromatic heterocycles. The van der Waals surface area contributed by atoms with E-state index in [9.17, 15) is 13.2 Å². The van der Waals surface area contributed by atoms with Crippen molar-refractivity contribution in [3.8, 4) is 12.0 Å². The molecule has 0 saturated carbocycles. The second-order valence-electron chi connectivity index (χ2n) is 2.52. The van der Waals surface area contributed by atoms with Crippen LogP contribution in [0.1, 0.15) is 0 Å². The summed E-state index contributed by atoms with van der Waals surface area (Å²) in [6.45, 7) is 0. The van der Waals surface area contributed by atoms with E-state index in [1.807, 2.05) is 0 Å². The maximum atomic E-state index is 11.4. The molecule has 16 heavy (non-hydrogen) atoms. The second kappa shape index (κ2) is 4.88. The Morgan fingerprint density at radius 1 is 1.31 bits per heavy atom. The lowest BCUT2D eigenvalue weighted by Gasteiger charge is -1.99. The Bertz CT molecular complexity index is 550. The first-order valence-electron chi connectivity index (χ1n) is 3.85. The molecule has 0 amide bonds. The minimum absolute atomic E-state index is 0.156. The molecule has 0 unspecified atom stereocenters. The van der Waals surface area contributed by atoms with Gasteiger partial charge in [0.1, 0.15) is 11.0 Å². The minimum Gasteiger partial charge on any atom is -0.472 e. The van der Waals surface area contributed by atoms with E-state index < -0.39 is 16.1 Å². The van der Waals surface area contributed by atoms with Crippen LogP contribution in [0.2, 0.25) is 5.02 Å². The molecule has 0 bridgehead atoms. The van der Waals surface area contributed by atoms with E-state index in [0.29, 0.717) is 5.02 Å². The van der Waals surface area contributed by atoms with Crippen molar-refractivity contribution in [2.24, 2.45) is 0 Å². The fourth-order valence-electron chi connectivity index (χ4n) is 0.769. The standard InChI is InChI=1S/C9H5ClO5S/c10-7-1-3-8(4-2-7)16(13,14)15-6-5-9(11)12/h1-4H,(H,11,12). The molecule has 0 radical (unpaired) electrons. The Balaban J connectivity index is 2.92. The van der Waals surface area contributed by atoms with Gasteiger partial charge in [-0.05, 0) is 24.3 Å². The smallest absolute Gasteiger partial charge is 0.385 e. The number of aliphatic carboxylic acids is 1. The Morgan fingerprint density at radius 3 is 2.38 bits per heavy atom. The van der Waals surface area contributed by atoms with Gasteiger partial charge in [-0.25, -0.2) is 4.79 Å². The highest BCUT2D eigenvalue weighted by atomic mass is 35.5. The van der Waals surface area contributed by atoms with Crippen molar-refractivity contribution in [3.63, 3.8) is 0 Å². The molecular weight excluding hydrogens is 256 g/mol. The molecule has 0 aliphatic carbocycles. The van der Waals surface area contributed by atoms with Crippen molar-refractivity contribution in [1.29, 1.82) is 0 Å². The van der Waals surface area contributed by atoms with Gasteiger partial charge in [-0.3, -0.25) is 0 Å².